The van der Waals surface area contributed by atoms with E-state index in [1.807, 2.05) is 26.0 Å². The van der Waals surface area contributed by atoms with E-state index in [4.69, 9.17) is 0 Å². The molecule has 2 saturated heterocycles. The molecule has 1 aromatic heterocycles. The lowest BCUT2D eigenvalue weighted by molar-refractivity contribution is -0.0222. The summed E-state index contributed by atoms with van der Waals surface area (Å²) in [6.45, 7) is 6.23. The lowest BCUT2D eigenvalue weighted by Gasteiger charge is -2.32. The molecule has 2 aromatic rings. The van der Waals surface area contributed by atoms with Crippen LogP contribution in [0.2, 0.25) is 0 Å². The van der Waals surface area contributed by atoms with Gasteiger partial charge in [-0.25, -0.2) is 13.8 Å². The number of anilines is 3. The molecule has 3 fully saturated rings. The van der Waals surface area contributed by atoms with Gasteiger partial charge in [-0.15, -0.1) is 0 Å². The van der Waals surface area contributed by atoms with E-state index >= 15 is 0 Å². The fourth-order valence-electron chi connectivity index (χ4n) is 4.87. The Labute approximate surface area is 187 Å². The van der Waals surface area contributed by atoms with E-state index in [1.54, 1.807) is 11.0 Å². The Morgan fingerprint density at radius 3 is 2.59 bits per heavy atom. The third-order valence-electron chi connectivity index (χ3n) is 6.89. The number of hydrogen-bond donors (Lipinski definition) is 1. The molecule has 0 spiro atoms. The number of halogens is 2. The third-order valence-corrected chi connectivity index (χ3v) is 6.89. The number of rotatable bonds is 4. The molecular weight excluding hydrogens is 412 g/mol. The van der Waals surface area contributed by atoms with Crippen molar-refractivity contribution in [3.63, 3.8) is 0 Å². The van der Waals surface area contributed by atoms with Gasteiger partial charge in [0.05, 0.1) is 5.56 Å². The van der Waals surface area contributed by atoms with Gasteiger partial charge in [0.1, 0.15) is 5.82 Å². The topological polar surface area (TPSA) is 61.4 Å². The van der Waals surface area contributed by atoms with Crippen molar-refractivity contribution in [2.75, 3.05) is 41.3 Å². The molecule has 0 radical (unpaired) electrons. The summed E-state index contributed by atoms with van der Waals surface area (Å²) in [6, 6.07) is 7.62. The minimum absolute atomic E-state index is 0.197. The Hall–Kier alpha value is -2.77. The van der Waals surface area contributed by atoms with E-state index in [-0.39, 0.29) is 31.8 Å². The largest absolute Gasteiger partial charge is 0.371 e. The Morgan fingerprint density at radius 2 is 1.84 bits per heavy atom. The molecule has 5 rings (SSSR count). The summed E-state index contributed by atoms with van der Waals surface area (Å²) in [5.41, 5.74) is 3.40. The quantitative estimate of drug-likeness (QED) is 0.761. The number of hydrogen-bond acceptors (Lipinski definition) is 5. The average molecular weight is 442 g/mol. The van der Waals surface area contributed by atoms with Crippen LogP contribution in [0, 0.1) is 25.7 Å². The van der Waals surface area contributed by atoms with E-state index in [0.29, 0.717) is 23.0 Å². The summed E-state index contributed by atoms with van der Waals surface area (Å²) in [5, 5.41) is 2.92. The highest BCUT2D eigenvalue weighted by Gasteiger charge is 2.42. The second kappa shape index (κ2) is 7.98. The van der Waals surface area contributed by atoms with Crippen LogP contribution in [0.15, 0.2) is 24.3 Å². The summed E-state index contributed by atoms with van der Waals surface area (Å²) < 4.78 is 27.1. The molecule has 32 heavy (non-hydrogen) atoms. The van der Waals surface area contributed by atoms with Crippen molar-refractivity contribution >= 4 is 23.4 Å². The highest BCUT2D eigenvalue weighted by Crippen LogP contribution is 2.46. The number of nitrogens with one attached hydrogen (secondary N) is 1. The standard InChI is InChI=1S/C24H29F2N5O/c1-15-3-4-19(20(11-15)31-8-5-17-13-18(17)14-31)22(32)28-21-12-16(2)27-23(29-21)30-9-6-24(25,26)7-10-30/h3-4,11-12,17-18H,5-10,13-14H2,1-2H3,(H,27,28,29,32). The molecule has 1 saturated carbocycles. The van der Waals surface area contributed by atoms with Gasteiger partial charge in [0.15, 0.2) is 0 Å². The molecule has 8 heteroatoms. The van der Waals surface area contributed by atoms with E-state index in [0.717, 1.165) is 36.2 Å². The molecule has 2 atom stereocenters. The van der Waals surface area contributed by atoms with E-state index < -0.39 is 5.92 Å². The summed E-state index contributed by atoms with van der Waals surface area (Å²) in [5.74, 6) is -0.450. The van der Waals surface area contributed by atoms with Gasteiger partial charge in [-0.05, 0) is 56.2 Å². The maximum atomic E-state index is 13.5. The highest BCUT2D eigenvalue weighted by molar-refractivity contribution is 6.08. The summed E-state index contributed by atoms with van der Waals surface area (Å²) in [6.07, 6.45) is 2.06. The molecule has 1 aliphatic carbocycles. The van der Waals surface area contributed by atoms with E-state index in [9.17, 15) is 13.6 Å². The fourth-order valence-corrected chi connectivity index (χ4v) is 4.87. The highest BCUT2D eigenvalue weighted by atomic mass is 19.3. The summed E-state index contributed by atoms with van der Waals surface area (Å²) in [7, 11) is 0. The second-order valence-corrected chi connectivity index (χ2v) is 9.50. The van der Waals surface area contributed by atoms with Crippen LogP contribution in [0.1, 0.15) is 47.3 Å². The van der Waals surface area contributed by atoms with Crippen LogP contribution in [0.5, 0.6) is 0 Å². The molecule has 170 valence electrons. The number of amides is 1. The van der Waals surface area contributed by atoms with Crippen molar-refractivity contribution in [3.8, 4) is 0 Å². The average Bonchev–Trinajstić information content (AvgIpc) is 3.52. The third kappa shape index (κ3) is 4.40. The smallest absolute Gasteiger partial charge is 0.258 e. The van der Waals surface area contributed by atoms with Crippen LogP contribution in [-0.2, 0) is 0 Å². The Bertz CT molecular complexity index is 1030. The molecule has 1 amide bonds. The second-order valence-electron chi connectivity index (χ2n) is 9.50. The van der Waals surface area contributed by atoms with Crippen molar-refractivity contribution in [2.45, 2.75) is 45.5 Å². The predicted molar refractivity (Wildman–Crippen MR) is 121 cm³/mol. The number of fused-ring (bicyclic) bond motifs is 1. The van der Waals surface area contributed by atoms with Crippen LogP contribution >= 0.6 is 0 Å². The normalized spacial score (nSPS) is 24.1. The predicted octanol–water partition coefficient (Wildman–Crippen LogP) is 4.43. The molecule has 1 aromatic carbocycles. The van der Waals surface area contributed by atoms with Crippen LogP contribution in [0.25, 0.3) is 0 Å². The SMILES string of the molecule is Cc1ccc(C(=O)Nc2cc(C)nc(N3CCC(F)(F)CC3)n2)c(N2CCC3CC3C2)c1. The number of carbonyl (C=O) groups is 1. The summed E-state index contributed by atoms with van der Waals surface area (Å²) >= 11 is 0. The number of aryl methyl sites for hydroxylation is 2. The van der Waals surface area contributed by atoms with E-state index in [1.165, 1.54) is 12.8 Å². The molecule has 6 nitrogen and oxygen atoms in total. The van der Waals surface area contributed by atoms with Crippen molar-refractivity contribution in [1.29, 1.82) is 0 Å². The maximum absolute atomic E-state index is 13.5. The Kier molecular flexibility index (Phi) is 5.26. The minimum Gasteiger partial charge on any atom is -0.371 e. The van der Waals surface area contributed by atoms with Gasteiger partial charge in [0.25, 0.3) is 11.8 Å². The van der Waals surface area contributed by atoms with Gasteiger partial charge in [0.2, 0.25) is 5.95 Å². The number of carbonyl (C=O) groups excluding carboxylic acids is 1. The number of nitrogens with zero attached hydrogens (tertiary/aromatic N) is 4. The zero-order chi connectivity index (χ0) is 22.5. The Morgan fingerprint density at radius 1 is 1.06 bits per heavy atom. The summed E-state index contributed by atoms with van der Waals surface area (Å²) in [4.78, 5) is 26.2. The monoisotopic (exact) mass is 441 g/mol. The van der Waals surface area contributed by atoms with Gasteiger partial charge < -0.3 is 15.1 Å². The fraction of sp³-hybridized carbons (Fsp3) is 0.542. The lowest BCUT2D eigenvalue weighted by atomic mass is 10.0. The first-order chi connectivity index (χ1) is 15.3. The molecule has 2 aliphatic heterocycles. The molecule has 3 heterocycles. The molecule has 0 bridgehead atoms. The van der Waals surface area contributed by atoms with Gasteiger partial charge in [0, 0.05) is 56.5 Å². The lowest BCUT2D eigenvalue weighted by Crippen LogP contribution is -2.40. The number of benzene rings is 1. The van der Waals surface area contributed by atoms with Crippen molar-refractivity contribution < 1.29 is 13.6 Å². The first-order valence-electron chi connectivity index (χ1n) is 11.4. The number of alkyl halides is 2. The van der Waals surface area contributed by atoms with Crippen LogP contribution < -0.4 is 15.1 Å². The molecule has 1 N–H and O–H groups in total. The number of aromatic nitrogens is 2. The molecule has 3 aliphatic rings. The van der Waals surface area contributed by atoms with Crippen molar-refractivity contribution in [3.05, 3.63) is 41.1 Å². The number of piperidine rings is 2. The van der Waals surface area contributed by atoms with E-state index in [2.05, 4.69) is 26.3 Å². The Balaban J connectivity index is 1.36. The zero-order valence-corrected chi connectivity index (χ0v) is 18.6. The zero-order valence-electron chi connectivity index (χ0n) is 18.6. The van der Waals surface area contributed by atoms with Gasteiger partial charge in [-0.1, -0.05) is 6.07 Å². The maximum Gasteiger partial charge on any atom is 0.258 e. The van der Waals surface area contributed by atoms with Crippen molar-refractivity contribution in [1.82, 2.24) is 9.97 Å². The molecular formula is C24H29F2N5O. The van der Waals surface area contributed by atoms with Crippen molar-refractivity contribution in [2.24, 2.45) is 11.8 Å². The van der Waals surface area contributed by atoms with Gasteiger partial charge >= 0.3 is 0 Å². The first kappa shape index (κ1) is 21.1. The first-order valence-corrected chi connectivity index (χ1v) is 11.4. The van der Waals surface area contributed by atoms with Crippen LogP contribution in [0.3, 0.4) is 0 Å². The van der Waals surface area contributed by atoms with Crippen LogP contribution in [-0.4, -0.2) is 48.0 Å². The van der Waals surface area contributed by atoms with Crippen LogP contribution in [0.4, 0.5) is 26.2 Å². The van der Waals surface area contributed by atoms with Gasteiger partial charge in [-0.2, -0.15) is 4.98 Å². The van der Waals surface area contributed by atoms with Gasteiger partial charge in [-0.3, -0.25) is 4.79 Å². The minimum atomic E-state index is -2.63. The molecule has 2 unspecified atom stereocenters.